The first kappa shape index (κ1) is 15.5. The molecule has 2 heterocycles. The molecule has 6 heteroatoms. The lowest BCUT2D eigenvalue weighted by Crippen LogP contribution is -2.14. The van der Waals surface area contributed by atoms with Crippen LogP contribution >= 0.6 is 11.3 Å². The number of fused-ring (bicyclic) bond motifs is 1. The number of carbonyl (C=O) groups is 1. The summed E-state index contributed by atoms with van der Waals surface area (Å²) in [6.45, 7) is 2.28. The van der Waals surface area contributed by atoms with E-state index in [1.165, 1.54) is 16.2 Å². The molecule has 0 bridgehead atoms. The van der Waals surface area contributed by atoms with Gasteiger partial charge in [-0.15, -0.1) is 11.3 Å². The molecule has 2 aromatic rings. The van der Waals surface area contributed by atoms with E-state index in [1.807, 2.05) is 6.92 Å². The summed E-state index contributed by atoms with van der Waals surface area (Å²) in [5, 5.41) is 13.0. The Kier molecular flexibility index (Phi) is 4.58. The maximum absolute atomic E-state index is 12.6. The van der Waals surface area contributed by atoms with Crippen LogP contribution < -0.4 is 10.1 Å². The Hall–Kier alpha value is -2.39. The summed E-state index contributed by atoms with van der Waals surface area (Å²) in [4.78, 5) is 17.9. The third-order valence-electron chi connectivity index (χ3n) is 3.81. The predicted molar refractivity (Wildman–Crippen MR) is 89.0 cm³/mol. The molecular weight excluding hydrogens is 310 g/mol. The van der Waals surface area contributed by atoms with Crippen LogP contribution in [0.25, 0.3) is 0 Å². The molecule has 0 saturated heterocycles. The zero-order valence-electron chi connectivity index (χ0n) is 12.9. The second-order valence-corrected chi connectivity index (χ2v) is 6.38. The zero-order valence-corrected chi connectivity index (χ0v) is 13.7. The average molecular weight is 327 g/mol. The molecule has 23 heavy (non-hydrogen) atoms. The molecule has 0 fully saturated rings. The minimum atomic E-state index is -0.295. The summed E-state index contributed by atoms with van der Waals surface area (Å²) in [6.07, 6.45) is 5.74. The van der Waals surface area contributed by atoms with Crippen LogP contribution in [0.15, 0.2) is 18.3 Å². The minimum absolute atomic E-state index is 0.295. The molecule has 1 aliphatic carbocycles. The quantitative estimate of drug-likeness (QED) is 0.932. The Morgan fingerprint density at radius 2 is 2.30 bits per heavy atom. The fraction of sp³-hybridized carbons (Fsp3) is 0.353. The van der Waals surface area contributed by atoms with Gasteiger partial charge in [-0.25, -0.2) is 4.98 Å². The van der Waals surface area contributed by atoms with Crippen LogP contribution in [0.1, 0.15) is 46.1 Å². The molecule has 0 aromatic carbocycles. The summed E-state index contributed by atoms with van der Waals surface area (Å²) >= 11 is 1.51. The SMILES string of the molecule is CCOc1ncccc1C(=O)Nc1sc2c(c1C#N)CCCC2. The smallest absolute Gasteiger partial charge is 0.261 e. The molecule has 5 nitrogen and oxygen atoms in total. The number of thiophene rings is 1. The van der Waals surface area contributed by atoms with Crippen molar-refractivity contribution in [3.63, 3.8) is 0 Å². The molecule has 0 unspecified atom stereocenters. The van der Waals surface area contributed by atoms with Gasteiger partial charge in [-0.05, 0) is 50.3 Å². The number of rotatable bonds is 4. The van der Waals surface area contributed by atoms with Crippen molar-refractivity contribution in [3.8, 4) is 11.9 Å². The van der Waals surface area contributed by atoms with Gasteiger partial charge in [0.2, 0.25) is 5.88 Å². The number of hydrogen-bond acceptors (Lipinski definition) is 5. The van der Waals surface area contributed by atoms with Crippen LogP contribution in [0, 0.1) is 11.3 Å². The highest BCUT2D eigenvalue weighted by Crippen LogP contribution is 2.37. The number of ether oxygens (including phenoxy) is 1. The Labute approximate surface area is 138 Å². The van der Waals surface area contributed by atoms with Crippen molar-refractivity contribution >= 4 is 22.2 Å². The zero-order chi connectivity index (χ0) is 16.2. The Morgan fingerprint density at radius 3 is 3.09 bits per heavy atom. The molecule has 0 spiro atoms. The van der Waals surface area contributed by atoms with Crippen LogP contribution in [0.3, 0.4) is 0 Å². The van der Waals surface area contributed by atoms with Crippen molar-refractivity contribution in [2.45, 2.75) is 32.6 Å². The van der Waals surface area contributed by atoms with Crippen molar-refractivity contribution in [2.75, 3.05) is 11.9 Å². The second-order valence-electron chi connectivity index (χ2n) is 5.27. The van der Waals surface area contributed by atoms with Gasteiger partial charge in [0, 0.05) is 11.1 Å². The first-order chi connectivity index (χ1) is 11.2. The lowest BCUT2D eigenvalue weighted by atomic mass is 9.96. The monoisotopic (exact) mass is 327 g/mol. The normalized spacial score (nSPS) is 13.0. The van der Waals surface area contributed by atoms with E-state index in [0.29, 0.717) is 28.6 Å². The summed E-state index contributed by atoms with van der Waals surface area (Å²) < 4.78 is 5.40. The molecule has 2 aromatic heterocycles. The number of nitrogens with one attached hydrogen (secondary N) is 1. The van der Waals surface area contributed by atoms with Crippen molar-refractivity contribution in [1.29, 1.82) is 5.26 Å². The lowest BCUT2D eigenvalue weighted by molar-refractivity contribution is 0.102. The third kappa shape index (κ3) is 3.06. The highest BCUT2D eigenvalue weighted by atomic mass is 32.1. The number of pyridine rings is 1. The highest BCUT2D eigenvalue weighted by Gasteiger charge is 2.23. The van der Waals surface area contributed by atoms with Gasteiger partial charge in [0.15, 0.2) is 0 Å². The molecule has 0 saturated carbocycles. The van der Waals surface area contributed by atoms with Crippen LogP contribution in [0.5, 0.6) is 5.88 Å². The molecular formula is C17H17N3O2S. The van der Waals surface area contributed by atoms with Crippen LogP contribution in [0.4, 0.5) is 5.00 Å². The number of nitriles is 1. The number of aromatic nitrogens is 1. The predicted octanol–water partition coefficient (Wildman–Crippen LogP) is 3.54. The largest absolute Gasteiger partial charge is 0.477 e. The van der Waals surface area contributed by atoms with E-state index in [1.54, 1.807) is 18.3 Å². The van der Waals surface area contributed by atoms with E-state index < -0.39 is 0 Å². The van der Waals surface area contributed by atoms with Gasteiger partial charge in [0.25, 0.3) is 5.91 Å². The molecule has 0 aliphatic heterocycles. The first-order valence-corrected chi connectivity index (χ1v) is 8.50. The minimum Gasteiger partial charge on any atom is -0.477 e. The highest BCUT2D eigenvalue weighted by molar-refractivity contribution is 7.16. The van der Waals surface area contributed by atoms with E-state index in [2.05, 4.69) is 16.4 Å². The van der Waals surface area contributed by atoms with Gasteiger partial charge in [-0.2, -0.15) is 5.26 Å². The molecule has 1 aliphatic rings. The summed E-state index contributed by atoms with van der Waals surface area (Å²) in [5.74, 6) is 0.0176. The Balaban J connectivity index is 1.89. The van der Waals surface area contributed by atoms with Gasteiger partial charge in [0.1, 0.15) is 16.6 Å². The van der Waals surface area contributed by atoms with Gasteiger partial charge in [0.05, 0.1) is 12.2 Å². The topological polar surface area (TPSA) is 75.0 Å². The first-order valence-electron chi connectivity index (χ1n) is 7.68. The Bertz CT molecular complexity index is 777. The number of anilines is 1. The lowest BCUT2D eigenvalue weighted by Gasteiger charge is -2.09. The van der Waals surface area contributed by atoms with Crippen molar-refractivity contribution in [3.05, 3.63) is 39.9 Å². The van der Waals surface area contributed by atoms with Crippen LogP contribution in [0.2, 0.25) is 0 Å². The second kappa shape index (κ2) is 6.80. The summed E-state index contributed by atoms with van der Waals surface area (Å²) in [7, 11) is 0. The number of amides is 1. The van der Waals surface area contributed by atoms with E-state index >= 15 is 0 Å². The van der Waals surface area contributed by atoms with Gasteiger partial charge in [-0.3, -0.25) is 4.79 Å². The molecule has 0 atom stereocenters. The molecule has 1 amide bonds. The number of nitrogens with zero attached hydrogens (tertiary/aromatic N) is 2. The van der Waals surface area contributed by atoms with E-state index in [4.69, 9.17) is 4.74 Å². The van der Waals surface area contributed by atoms with Gasteiger partial charge >= 0.3 is 0 Å². The van der Waals surface area contributed by atoms with Crippen molar-refractivity contribution in [2.24, 2.45) is 0 Å². The molecule has 118 valence electrons. The van der Waals surface area contributed by atoms with E-state index in [9.17, 15) is 10.1 Å². The van der Waals surface area contributed by atoms with Crippen LogP contribution in [-0.4, -0.2) is 17.5 Å². The maximum Gasteiger partial charge on any atom is 0.261 e. The summed E-state index contributed by atoms with van der Waals surface area (Å²) in [5.41, 5.74) is 2.10. The number of carbonyl (C=O) groups excluding carboxylic acids is 1. The molecule has 1 N–H and O–H groups in total. The van der Waals surface area contributed by atoms with Crippen molar-refractivity contribution < 1.29 is 9.53 Å². The van der Waals surface area contributed by atoms with E-state index in [0.717, 1.165) is 31.2 Å². The number of hydrogen-bond donors (Lipinski definition) is 1. The maximum atomic E-state index is 12.6. The van der Waals surface area contributed by atoms with Gasteiger partial charge < -0.3 is 10.1 Å². The number of aryl methyl sites for hydroxylation is 1. The molecule has 3 rings (SSSR count). The fourth-order valence-electron chi connectivity index (χ4n) is 2.76. The van der Waals surface area contributed by atoms with Crippen molar-refractivity contribution in [1.82, 2.24) is 4.98 Å². The fourth-order valence-corrected chi connectivity index (χ4v) is 3.99. The van der Waals surface area contributed by atoms with Gasteiger partial charge in [-0.1, -0.05) is 0 Å². The summed E-state index contributed by atoms with van der Waals surface area (Å²) in [6, 6.07) is 5.62. The average Bonchev–Trinajstić information content (AvgIpc) is 2.92. The van der Waals surface area contributed by atoms with E-state index in [-0.39, 0.29) is 5.91 Å². The third-order valence-corrected chi connectivity index (χ3v) is 5.01. The molecule has 0 radical (unpaired) electrons. The Morgan fingerprint density at radius 1 is 1.48 bits per heavy atom. The van der Waals surface area contributed by atoms with Crippen LogP contribution in [-0.2, 0) is 12.8 Å². The standard InChI is InChI=1S/C17H17N3O2S/c1-2-22-16-12(7-5-9-19-16)15(21)20-17-13(10-18)11-6-3-4-8-14(11)23-17/h5,7,9H,2-4,6,8H2,1H3,(H,20,21).